The first-order valence-electron chi connectivity index (χ1n) is 5.63. The molecule has 1 N–H and O–H groups in total. The monoisotopic (exact) mass is 199 g/mol. The Balaban J connectivity index is 2.29. The van der Waals surface area contributed by atoms with Crippen molar-refractivity contribution >= 4 is 5.91 Å². The van der Waals surface area contributed by atoms with Crippen LogP contribution in [0.4, 0.5) is 0 Å². The molecular weight excluding hydrogens is 178 g/mol. The van der Waals surface area contributed by atoms with Crippen LogP contribution in [0.25, 0.3) is 0 Å². The molecule has 0 saturated carbocycles. The summed E-state index contributed by atoms with van der Waals surface area (Å²) in [5.74, 6) is 0.764. The van der Waals surface area contributed by atoms with Crippen LogP contribution in [0.2, 0.25) is 0 Å². The van der Waals surface area contributed by atoms with Gasteiger partial charge in [0.15, 0.2) is 0 Å². The molecule has 2 atom stereocenters. The molecule has 82 valence electrons. The van der Waals surface area contributed by atoms with E-state index in [2.05, 4.69) is 19.2 Å². The van der Waals surface area contributed by atoms with E-state index in [1.807, 2.05) is 0 Å². The lowest BCUT2D eigenvalue weighted by atomic mass is 9.93. The van der Waals surface area contributed by atoms with Crippen LogP contribution in [0.15, 0.2) is 0 Å². The molecule has 1 aliphatic rings. The van der Waals surface area contributed by atoms with Crippen molar-refractivity contribution in [2.75, 3.05) is 13.2 Å². The van der Waals surface area contributed by atoms with E-state index in [0.29, 0.717) is 6.61 Å². The summed E-state index contributed by atoms with van der Waals surface area (Å²) in [4.78, 5) is 11.1. The second-order valence-electron chi connectivity index (χ2n) is 4.08. The van der Waals surface area contributed by atoms with Gasteiger partial charge in [-0.2, -0.15) is 0 Å². The van der Waals surface area contributed by atoms with Crippen LogP contribution in [-0.4, -0.2) is 25.2 Å². The van der Waals surface area contributed by atoms with E-state index in [1.54, 1.807) is 0 Å². The van der Waals surface area contributed by atoms with Gasteiger partial charge in [-0.3, -0.25) is 4.79 Å². The Kier molecular flexibility index (Phi) is 4.94. The Bertz CT molecular complexity index is 182. The second-order valence-corrected chi connectivity index (χ2v) is 4.08. The molecule has 1 amide bonds. The molecule has 0 aromatic heterocycles. The van der Waals surface area contributed by atoms with Gasteiger partial charge in [0.1, 0.15) is 6.61 Å². The van der Waals surface area contributed by atoms with Crippen molar-refractivity contribution in [3.63, 3.8) is 0 Å². The average Bonchev–Trinajstić information content (AvgIpc) is 2.17. The fourth-order valence-electron chi connectivity index (χ4n) is 2.03. The first-order valence-corrected chi connectivity index (χ1v) is 5.63. The van der Waals surface area contributed by atoms with E-state index in [9.17, 15) is 4.79 Å². The number of hydrogen-bond acceptors (Lipinski definition) is 2. The van der Waals surface area contributed by atoms with Crippen LogP contribution in [0.1, 0.15) is 39.5 Å². The van der Waals surface area contributed by atoms with Gasteiger partial charge in [-0.05, 0) is 12.3 Å². The van der Waals surface area contributed by atoms with Crippen LogP contribution < -0.4 is 5.32 Å². The molecule has 0 spiro atoms. The number of rotatable bonds is 5. The number of nitrogens with one attached hydrogen (secondary N) is 1. The fraction of sp³-hybridized carbons (Fsp3) is 0.909. The summed E-state index contributed by atoms with van der Waals surface area (Å²) in [6.45, 7) is 5.34. The molecule has 1 fully saturated rings. The number of ether oxygens (including phenoxy) is 1. The third-order valence-electron chi connectivity index (χ3n) is 2.81. The average molecular weight is 199 g/mol. The molecule has 3 heteroatoms. The zero-order valence-corrected chi connectivity index (χ0v) is 9.21. The van der Waals surface area contributed by atoms with E-state index in [-0.39, 0.29) is 18.6 Å². The molecule has 0 aliphatic carbocycles. The Labute approximate surface area is 86.2 Å². The predicted octanol–water partition coefficient (Wildman–Crippen LogP) is 1.72. The van der Waals surface area contributed by atoms with Crippen molar-refractivity contribution < 1.29 is 9.53 Å². The molecular formula is C11H21NO2. The molecule has 3 nitrogen and oxygen atoms in total. The van der Waals surface area contributed by atoms with Gasteiger partial charge in [0.2, 0.25) is 5.91 Å². The molecule has 0 aromatic carbocycles. The lowest BCUT2D eigenvalue weighted by Gasteiger charge is -2.26. The van der Waals surface area contributed by atoms with Gasteiger partial charge in [-0.15, -0.1) is 0 Å². The van der Waals surface area contributed by atoms with Crippen LogP contribution in [0.3, 0.4) is 0 Å². The number of carbonyl (C=O) groups excluding carboxylic acids is 1. The van der Waals surface area contributed by atoms with Crippen LogP contribution in [-0.2, 0) is 9.53 Å². The molecule has 1 rings (SSSR count). The van der Waals surface area contributed by atoms with Gasteiger partial charge < -0.3 is 10.1 Å². The van der Waals surface area contributed by atoms with Gasteiger partial charge in [0.25, 0.3) is 0 Å². The number of hydrogen-bond donors (Lipinski definition) is 1. The third-order valence-corrected chi connectivity index (χ3v) is 2.81. The topological polar surface area (TPSA) is 38.3 Å². The molecule has 0 aromatic rings. The Morgan fingerprint density at radius 1 is 1.57 bits per heavy atom. The smallest absolute Gasteiger partial charge is 0.246 e. The van der Waals surface area contributed by atoms with Crippen molar-refractivity contribution in [1.29, 1.82) is 0 Å². The van der Waals surface area contributed by atoms with E-state index in [0.717, 1.165) is 12.3 Å². The highest BCUT2D eigenvalue weighted by molar-refractivity contribution is 5.78. The van der Waals surface area contributed by atoms with E-state index in [4.69, 9.17) is 4.74 Å². The molecule has 1 saturated heterocycles. The van der Waals surface area contributed by atoms with Crippen molar-refractivity contribution in [3.8, 4) is 0 Å². The van der Waals surface area contributed by atoms with Gasteiger partial charge in [0, 0.05) is 0 Å². The fourth-order valence-corrected chi connectivity index (χ4v) is 2.03. The van der Waals surface area contributed by atoms with E-state index < -0.39 is 0 Å². The predicted molar refractivity (Wildman–Crippen MR) is 56.1 cm³/mol. The minimum atomic E-state index is 0.0348. The number of carbonyl (C=O) groups is 1. The van der Waals surface area contributed by atoms with Crippen molar-refractivity contribution in [3.05, 3.63) is 0 Å². The van der Waals surface area contributed by atoms with Crippen LogP contribution in [0, 0.1) is 5.92 Å². The summed E-state index contributed by atoms with van der Waals surface area (Å²) in [5, 5.41) is 2.98. The summed E-state index contributed by atoms with van der Waals surface area (Å²) in [6.07, 6.45) is 4.74. The summed E-state index contributed by atoms with van der Waals surface area (Å²) in [6, 6.07) is 0.243. The molecule has 1 heterocycles. The third kappa shape index (κ3) is 3.66. The molecule has 0 radical (unpaired) electrons. The highest BCUT2D eigenvalue weighted by Gasteiger charge is 2.21. The lowest BCUT2D eigenvalue weighted by molar-refractivity contribution is -0.131. The first kappa shape index (κ1) is 11.5. The Hall–Kier alpha value is -0.570. The number of morpholine rings is 1. The Morgan fingerprint density at radius 2 is 2.36 bits per heavy atom. The standard InChI is InChI=1S/C11H21NO2/c1-3-5-9(4-2)6-10-7-14-8-11(13)12-10/h9-10H,3-8H2,1-2H3,(H,12,13)/t9?,10-/m0/s1. The zero-order valence-electron chi connectivity index (χ0n) is 9.21. The van der Waals surface area contributed by atoms with Gasteiger partial charge >= 0.3 is 0 Å². The van der Waals surface area contributed by atoms with Gasteiger partial charge in [0.05, 0.1) is 12.6 Å². The number of amides is 1. The SMILES string of the molecule is CCCC(CC)C[C@H]1COCC(=O)N1. The van der Waals surface area contributed by atoms with Crippen molar-refractivity contribution in [2.45, 2.75) is 45.6 Å². The first-order chi connectivity index (χ1) is 6.76. The summed E-state index contributed by atoms with van der Waals surface area (Å²) >= 11 is 0. The normalized spacial score (nSPS) is 24.4. The quantitative estimate of drug-likeness (QED) is 0.732. The molecule has 0 bridgehead atoms. The second kappa shape index (κ2) is 6.02. The van der Waals surface area contributed by atoms with Gasteiger partial charge in [-0.25, -0.2) is 0 Å². The van der Waals surface area contributed by atoms with Crippen molar-refractivity contribution in [2.24, 2.45) is 5.92 Å². The Morgan fingerprint density at radius 3 is 2.93 bits per heavy atom. The maximum atomic E-state index is 11.1. The molecule has 1 aliphatic heterocycles. The zero-order chi connectivity index (χ0) is 10.4. The maximum absolute atomic E-state index is 11.1. The highest BCUT2D eigenvalue weighted by Crippen LogP contribution is 2.18. The van der Waals surface area contributed by atoms with Crippen LogP contribution in [0.5, 0.6) is 0 Å². The minimum absolute atomic E-state index is 0.0348. The van der Waals surface area contributed by atoms with Crippen molar-refractivity contribution in [1.82, 2.24) is 5.32 Å². The molecule has 14 heavy (non-hydrogen) atoms. The van der Waals surface area contributed by atoms with E-state index in [1.165, 1.54) is 19.3 Å². The maximum Gasteiger partial charge on any atom is 0.246 e. The summed E-state index contributed by atoms with van der Waals surface area (Å²) in [5.41, 5.74) is 0. The summed E-state index contributed by atoms with van der Waals surface area (Å²) in [7, 11) is 0. The molecule has 1 unspecified atom stereocenters. The summed E-state index contributed by atoms with van der Waals surface area (Å²) < 4.78 is 5.21. The van der Waals surface area contributed by atoms with Gasteiger partial charge in [-0.1, -0.05) is 33.1 Å². The highest BCUT2D eigenvalue weighted by atomic mass is 16.5. The minimum Gasteiger partial charge on any atom is -0.370 e. The lowest BCUT2D eigenvalue weighted by Crippen LogP contribution is -2.46. The largest absolute Gasteiger partial charge is 0.370 e. The van der Waals surface area contributed by atoms with E-state index >= 15 is 0 Å². The van der Waals surface area contributed by atoms with Crippen LogP contribution >= 0.6 is 0 Å².